The molecule has 1 heterocycles. The van der Waals surface area contributed by atoms with Crippen molar-refractivity contribution in [2.45, 2.75) is 11.8 Å². The van der Waals surface area contributed by atoms with Gasteiger partial charge < -0.3 is 0 Å². The molecule has 0 saturated heterocycles. The van der Waals surface area contributed by atoms with Gasteiger partial charge in [-0.3, -0.25) is 19.2 Å². The number of hydrogen-bond donors (Lipinski definition) is 1. The van der Waals surface area contributed by atoms with Gasteiger partial charge in [-0.05, 0) is 37.3 Å². The van der Waals surface area contributed by atoms with Gasteiger partial charge in [-0.1, -0.05) is 54.1 Å². The molecular formula is C25H21ClN6O5S. The maximum atomic E-state index is 13.4. The molecule has 0 spiro atoms. The van der Waals surface area contributed by atoms with E-state index < -0.39 is 27.4 Å². The molecule has 0 unspecified atom stereocenters. The van der Waals surface area contributed by atoms with E-state index in [2.05, 4.69) is 15.6 Å². The molecule has 0 saturated carbocycles. The molecule has 0 aliphatic carbocycles. The Bertz CT molecular complexity index is 1610. The van der Waals surface area contributed by atoms with E-state index in [9.17, 15) is 23.3 Å². The highest BCUT2D eigenvalue weighted by Gasteiger charge is 2.28. The highest BCUT2D eigenvalue weighted by atomic mass is 35.5. The maximum absolute atomic E-state index is 13.4. The molecule has 1 amide bonds. The molecule has 0 aliphatic heterocycles. The summed E-state index contributed by atoms with van der Waals surface area (Å²) in [4.78, 5) is 23.3. The van der Waals surface area contributed by atoms with Gasteiger partial charge in [0, 0.05) is 12.1 Å². The number of halogens is 1. The van der Waals surface area contributed by atoms with Crippen LogP contribution in [-0.2, 0) is 14.8 Å². The number of benzene rings is 3. The van der Waals surface area contributed by atoms with E-state index in [1.165, 1.54) is 48.7 Å². The second-order valence-corrected chi connectivity index (χ2v) is 10.2. The van der Waals surface area contributed by atoms with Crippen molar-refractivity contribution in [3.8, 4) is 5.69 Å². The summed E-state index contributed by atoms with van der Waals surface area (Å²) in [6, 6.07) is 21.7. The maximum Gasteiger partial charge on any atom is 0.271 e. The lowest BCUT2D eigenvalue weighted by molar-refractivity contribution is -0.384. The van der Waals surface area contributed by atoms with Gasteiger partial charge in [0.25, 0.3) is 21.6 Å². The van der Waals surface area contributed by atoms with E-state index in [4.69, 9.17) is 11.6 Å². The van der Waals surface area contributed by atoms with Gasteiger partial charge in [-0.15, -0.1) is 0 Å². The number of carbonyl (C=O) groups excluding carboxylic acids is 1. The molecule has 1 N–H and O–H groups in total. The third-order valence-corrected chi connectivity index (χ3v) is 7.52. The summed E-state index contributed by atoms with van der Waals surface area (Å²) >= 11 is 6.27. The summed E-state index contributed by atoms with van der Waals surface area (Å²) in [6.07, 6.45) is 1.31. The Morgan fingerprint density at radius 1 is 1.11 bits per heavy atom. The predicted octanol–water partition coefficient (Wildman–Crippen LogP) is 4.09. The van der Waals surface area contributed by atoms with Crippen LogP contribution in [0.3, 0.4) is 0 Å². The van der Waals surface area contributed by atoms with Crippen LogP contribution < -0.4 is 9.73 Å². The third-order valence-electron chi connectivity index (χ3n) is 5.45. The Morgan fingerprint density at radius 2 is 1.76 bits per heavy atom. The summed E-state index contributed by atoms with van der Waals surface area (Å²) in [6.45, 7) is 1.09. The topological polar surface area (TPSA) is 140 Å². The number of nitrogens with zero attached hydrogens (tertiary/aromatic N) is 5. The Kier molecular flexibility index (Phi) is 7.84. The molecule has 1 aromatic heterocycles. The normalized spacial score (nSPS) is 11.4. The first-order valence-electron chi connectivity index (χ1n) is 11.1. The number of carbonyl (C=O) groups is 1. The number of sulfonamides is 1. The number of nitrogens with one attached hydrogen (secondary N) is 1. The highest BCUT2D eigenvalue weighted by molar-refractivity contribution is 7.92. The lowest BCUT2D eigenvalue weighted by Gasteiger charge is -2.23. The Morgan fingerprint density at radius 3 is 2.42 bits per heavy atom. The minimum Gasteiger partial charge on any atom is -0.271 e. The van der Waals surface area contributed by atoms with Gasteiger partial charge in [-0.25, -0.2) is 18.5 Å². The number of para-hydroxylation sites is 1. The van der Waals surface area contributed by atoms with Gasteiger partial charge in [-0.2, -0.15) is 10.2 Å². The van der Waals surface area contributed by atoms with Crippen LogP contribution in [0.1, 0.15) is 11.3 Å². The van der Waals surface area contributed by atoms with Gasteiger partial charge >= 0.3 is 0 Å². The Hall–Kier alpha value is -4.55. The summed E-state index contributed by atoms with van der Waals surface area (Å²) in [5.74, 6) is -0.781. The van der Waals surface area contributed by atoms with Gasteiger partial charge in [0.05, 0.1) is 38.7 Å². The second kappa shape index (κ2) is 11.2. The molecule has 0 atom stereocenters. The number of non-ortho nitro benzene ring substituents is 1. The number of rotatable bonds is 9. The highest BCUT2D eigenvalue weighted by Crippen LogP contribution is 2.27. The Balaban J connectivity index is 1.58. The van der Waals surface area contributed by atoms with Crippen molar-refractivity contribution in [3.63, 3.8) is 0 Å². The van der Waals surface area contributed by atoms with Crippen LogP contribution in [0.4, 0.5) is 11.4 Å². The van der Waals surface area contributed by atoms with Crippen LogP contribution >= 0.6 is 11.6 Å². The molecule has 194 valence electrons. The van der Waals surface area contributed by atoms with Gasteiger partial charge in [0.15, 0.2) is 5.15 Å². The molecule has 4 rings (SSSR count). The number of nitro groups is 1. The summed E-state index contributed by atoms with van der Waals surface area (Å²) < 4.78 is 29.2. The summed E-state index contributed by atoms with van der Waals surface area (Å²) in [5.41, 5.74) is 3.83. The van der Waals surface area contributed by atoms with Crippen LogP contribution in [0.5, 0.6) is 0 Å². The molecule has 0 bridgehead atoms. The fraction of sp³-hybridized carbons (Fsp3) is 0.0800. The molecule has 3 aromatic carbocycles. The van der Waals surface area contributed by atoms with Crippen molar-refractivity contribution >= 4 is 45.1 Å². The number of nitro benzene ring substituents is 1. The molecule has 0 aliphatic rings. The quantitative estimate of drug-likeness (QED) is 0.188. The average Bonchev–Trinajstić information content (AvgIpc) is 3.21. The van der Waals surface area contributed by atoms with Crippen LogP contribution in [0.15, 0.2) is 94.9 Å². The van der Waals surface area contributed by atoms with Crippen LogP contribution in [0.2, 0.25) is 5.15 Å². The van der Waals surface area contributed by atoms with Crippen molar-refractivity contribution in [3.05, 3.63) is 111 Å². The van der Waals surface area contributed by atoms with Crippen molar-refractivity contribution in [2.24, 2.45) is 5.10 Å². The van der Waals surface area contributed by atoms with E-state index in [-0.39, 0.29) is 21.4 Å². The van der Waals surface area contributed by atoms with Crippen molar-refractivity contribution in [2.75, 3.05) is 10.8 Å². The fourth-order valence-corrected chi connectivity index (χ4v) is 5.27. The van der Waals surface area contributed by atoms with E-state index in [0.717, 1.165) is 16.1 Å². The lowest BCUT2D eigenvalue weighted by Crippen LogP contribution is -2.39. The zero-order valence-corrected chi connectivity index (χ0v) is 21.5. The summed E-state index contributed by atoms with van der Waals surface area (Å²) in [5, 5.41) is 19.6. The molecule has 4 aromatic rings. The molecule has 0 radical (unpaired) electrons. The second-order valence-electron chi connectivity index (χ2n) is 7.93. The first-order chi connectivity index (χ1) is 18.2. The van der Waals surface area contributed by atoms with Crippen molar-refractivity contribution < 1.29 is 18.1 Å². The number of hydrogen-bond acceptors (Lipinski definition) is 7. The van der Waals surface area contributed by atoms with Crippen LogP contribution in [-0.4, -0.2) is 41.8 Å². The molecule has 38 heavy (non-hydrogen) atoms. The standard InChI is InChI=1S/C25H21ClN6O5S/c1-18-23(25(26)29-31(18)19-9-4-2-5-10-19)16-27-28-24(33)17-30(20-11-8-12-21(15-20)32(34)35)38(36,37)22-13-6-3-7-14-22/h2-16H,17H2,1H3,(H,28,33)/b27-16-. The first kappa shape index (κ1) is 26.5. The zero-order chi connectivity index (χ0) is 27.3. The minimum absolute atomic E-state index is 0.0507. The van der Waals surface area contributed by atoms with E-state index >= 15 is 0 Å². The zero-order valence-electron chi connectivity index (χ0n) is 19.9. The predicted molar refractivity (Wildman–Crippen MR) is 143 cm³/mol. The van der Waals surface area contributed by atoms with Gasteiger partial charge in [0.2, 0.25) is 0 Å². The van der Waals surface area contributed by atoms with E-state index in [1.54, 1.807) is 17.7 Å². The van der Waals surface area contributed by atoms with Gasteiger partial charge in [0.1, 0.15) is 6.54 Å². The fourth-order valence-electron chi connectivity index (χ4n) is 3.58. The monoisotopic (exact) mass is 552 g/mol. The number of aromatic nitrogens is 2. The number of anilines is 1. The third kappa shape index (κ3) is 5.71. The van der Waals surface area contributed by atoms with E-state index in [1.807, 2.05) is 30.3 Å². The van der Waals surface area contributed by atoms with Crippen LogP contribution in [0, 0.1) is 17.0 Å². The average molecular weight is 553 g/mol. The van der Waals surface area contributed by atoms with Crippen LogP contribution in [0.25, 0.3) is 5.69 Å². The van der Waals surface area contributed by atoms with Crippen molar-refractivity contribution in [1.29, 1.82) is 0 Å². The molecule has 13 heteroatoms. The SMILES string of the molecule is Cc1c(/C=N\NC(=O)CN(c2cccc([N+](=O)[O-])c2)S(=O)(=O)c2ccccc2)c(Cl)nn1-c1ccccc1. The molecular weight excluding hydrogens is 532 g/mol. The minimum atomic E-state index is -4.25. The van der Waals surface area contributed by atoms with E-state index in [0.29, 0.717) is 11.3 Å². The molecule has 11 nitrogen and oxygen atoms in total. The van der Waals surface area contributed by atoms with Crippen molar-refractivity contribution in [1.82, 2.24) is 15.2 Å². The first-order valence-corrected chi connectivity index (χ1v) is 12.9. The Labute approximate surface area is 223 Å². The lowest BCUT2D eigenvalue weighted by atomic mass is 10.2. The number of amides is 1. The molecule has 0 fully saturated rings. The smallest absolute Gasteiger partial charge is 0.271 e. The largest absolute Gasteiger partial charge is 0.271 e. The number of hydrazone groups is 1. The summed E-state index contributed by atoms with van der Waals surface area (Å²) in [7, 11) is -4.25.